The summed E-state index contributed by atoms with van der Waals surface area (Å²) in [4.78, 5) is 31.1. The number of carboxylic acids is 1. The van der Waals surface area contributed by atoms with Gasteiger partial charge in [0.1, 0.15) is 18.0 Å². The zero-order chi connectivity index (χ0) is 23.7. The second kappa shape index (κ2) is 9.37. The van der Waals surface area contributed by atoms with Crippen molar-refractivity contribution in [3.8, 4) is 0 Å². The Balaban J connectivity index is 1.86. The van der Waals surface area contributed by atoms with Crippen LogP contribution in [0.15, 0.2) is 60.2 Å². The predicted molar refractivity (Wildman–Crippen MR) is 126 cm³/mol. The van der Waals surface area contributed by atoms with Gasteiger partial charge in [-0.2, -0.15) is 0 Å². The fraction of sp³-hybridized carbons (Fsp3) is 0.320. The van der Waals surface area contributed by atoms with Gasteiger partial charge in [-0.3, -0.25) is 4.79 Å². The molecule has 1 fully saturated rings. The molecule has 4 rings (SSSR count). The first-order chi connectivity index (χ1) is 15.8. The number of carbonyl (C=O) groups excluding carboxylic acids is 1. The zero-order valence-corrected chi connectivity index (χ0v) is 19.2. The van der Waals surface area contributed by atoms with Crippen LogP contribution in [0.4, 0.5) is 0 Å². The van der Waals surface area contributed by atoms with Crippen molar-refractivity contribution in [2.45, 2.75) is 31.9 Å². The van der Waals surface area contributed by atoms with Crippen LogP contribution in [0.1, 0.15) is 43.3 Å². The maximum atomic E-state index is 13.4. The first-order valence-electron chi connectivity index (χ1n) is 10.8. The Labute approximate surface area is 196 Å². The summed E-state index contributed by atoms with van der Waals surface area (Å²) in [6.45, 7) is 1.78. The summed E-state index contributed by atoms with van der Waals surface area (Å²) in [6.07, 6.45) is 1.95. The van der Waals surface area contributed by atoms with Crippen molar-refractivity contribution in [3.63, 3.8) is 0 Å². The van der Waals surface area contributed by atoms with Gasteiger partial charge in [0.15, 0.2) is 0 Å². The molecule has 2 atom stereocenters. The number of benzene rings is 2. The van der Waals surface area contributed by atoms with E-state index in [1.54, 1.807) is 29.2 Å². The van der Waals surface area contributed by atoms with E-state index in [2.05, 4.69) is 0 Å². The Morgan fingerprint density at radius 1 is 1.24 bits per heavy atom. The SMILES string of the molecule is C/C(=C\C(=O)N(CC1CC1)[C@@H](c1nc2ccccc2n1C)[C@@H](O)c1cccc(Cl)c1)C(=O)O. The predicted octanol–water partition coefficient (Wildman–Crippen LogP) is 4.27. The third-order valence-electron chi connectivity index (χ3n) is 6.02. The van der Waals surface area contributed by atoms with Crippen LogP contribution in [0.3, 0.4) is 0 Å². The number of rotatable bonds is 8. The van der Waals surface area contributed by atoms with Crippen LogP contribution >= 0.6 is 11.6 Å². The van der Waals surface area contributed by atoms with Gasteiger partial charge in [-0.25, -0.2) is 9.78 Å². The molecule has 172 valence electrons. The van der Waals surface area contributed by atoms with Gasteiger partial charge >= 0.3 is 5.97 Å². The average Bonchev–Trinajstić information content (AvgIpc) is 3.55. The lowest BCUT2D eigenvalue weighted by molar-refractivity contribution is -0.135. The minimum atomic E-state index is -1.16. The molecular weight excluding hydrogens is 442 g/mol. The fourth-order valence-corrected chi connectivity index (χ4v) is 4.20. The monoisotopic (exact) mass is 467 g/mol. The molecule has 0 spiro atoms. The number of hydrogen-bond acceptors (Lipinski definition) is 4. The summed E-state index contributed by atoms with van der Waals surface area (Å²) < 4.78 is 1.87. The fourth-order valence-electron chi connectivity index (χ4n) is 4.00. The van der Waals surface area contributed by atoms with Gasteiger partial charge in [0.25, 0.3) is 0 Å². The molecule has 0 radical (unpaired) electrons. The molecule has 0 unspecified atom stereocenters. The standard InChI is InChI=1S/C25H26ClN3O4/c1-15(25(32)33)12-21(30)29(14-16-10-11-16)22(23(31)17-6-5-7-18(26)13-17)24-27-19-8-3-4-9-20(19)28(24)2/h3-9,12-13,16,22-23,31H,10-11,14H2,1-2H3,(H,32,33)/b15-12+/t22-,23+/m1/s1. The first-order valence-corrected chi connectivity index (χ1v) is 11.2. The lowest BCUT2D eigenvalue weighted by Crippen LogP contribution is -2.40. The molecule has 33 heavy (non-hydrogen) atoms. The number of amides is 1. The van der Waals surface area contributed by atoms with Gasteiger partial charge in [0, 0.05) is 30.3 Å². The zero-order valence-electron chi connectivity index (χ0n) is 18.5. The number of carboxylic acid groups (broad SMARTS) is 1. The smallest absolute Gasteiger partial charge is 0.331 e. The average molecular weight is 468 g/mol. The highest BCUT2D eigenvalue weighted by molar-refractivity contribution is 6.30. The molecule has 1 aliphatic rings. The van der Waals surface area contributed by atoms with E-state index in [1.807, 2.05) is 35.9 Å². The molecule has 2 aromatic carbocycles. The van der Waals surface area contributed by atoms with E-state index in [-0.39, 0.29) is 5.57 Å². The lowest BCUT2D eigenvalue weighted by Gasteiger charge is -2.34. The van der Waals surface area contributed by atoms with Crippen molar-refractivity contribution in [1.29, 1.82) is 0 Å². The number of nitrogens with zero attached hydrogens (tertiary/aromatic N) is 3. The normalized spacial score (nSPS) is 15.9. The molecule has 3 aromatic rings. The Hall–Kier alpha value is -3.16. The molecule has 7 nitrogen and oxygen atoms in total. The molecule has 8 heteroatoms. The number of aromatic nitrogens is 2. The van der Waals surface area contributed by atoms with Crippen LogP contribution in [0.25, 0.3) is 11.0 Å². The summed E-state index contributed by atoms with van der Waals surface area (Å²) in [5.74, 6) is -0.820. The number of aliphatic carboxylic acids is 1. The van der Waals surface area contributed by atoms with Crippen LogP contribution < -0.4 is 0 Å². The van der Waals surface area contributed by atoms with E-state index in [1.165, 1.54) is 6.92 Å². The van der Waals surface area contributed by atoms with Crippen molar-refractivity contribution in [2.24, 2.45) is 13.0 Å². The summed E-state index contributed by atoms with van der Waals surface area (Å²) in [5, 5.41) is 21.3. The Morgan fingerprint density at radius 3 is 2.61 bits per heavy atom. The summed E-state index contributed by atoms with van der Waals surface area (Å²) in [6, 6.07) is 13.6. The number of aliphatic hydroxyl groups is 1. The second-order valence-corrected chi connectivity index (χ2v) is 8.97. The minimum absolute atomic E-state index is 0.0678. The molecule has 1 heterocycles. The lowest BCUT2D eigenvalue weighted by atomic mass is 9.99. The maximum absolute atomic E-state index is 13.4. The van der Waals surface area contributed by atoms with Crippen molar-refractivity contribution in [3.05, 3.63) is 76.6 Å². The van der Waals surface area contributed by atoms with E-state index in [9.17, 15) is 19.8 Å². The number of para-hydroxylation sites is 2. The van der Waals surface area contributed by atoms with E-state index < -0.39 is 24.0 Å². The molecular formula is C25H26ClN3O4. The van der Waals surface area contributed by atoms with Crippen LogP contribution in [0.2, 0.25) is 5.02 Å². The molecule has 0 bridgehead atoms. The van der Waals surface area contributed by atoms with E-state index in [0.29, 0.717) is 28.9 Å². The molecule has 1 aromatic heterocycles. The topological polar surface area (TPSA) is 95.7 Å². The second-order valence-electron chi connectivity index (χ2n) is 8.53. The highest BCUT2D eigenvalue weighted by Gasteiger charge is 2.38. The summed E-state index contributed by atoms with van der Waals surface area (Å²) in [5.41, 5.74) is 2.09. The summed E-state index contributed by atoms with van der Waals surface area (Å²) >= 11 is 6.19. The number of aryl methyl sites for hydroxylation is 1. The summed E-state index contributed by atoms with van der Waals surface area (Å²) in [7, 11) is 1.85. The third kappa shape index (κ3) is 4.94. The minimum Gasteiger partial charge on any atom is -0.478 e. The molecule has 2 N–H and O–H groups in total. The Kier molecular flexibility index (Phi) is 6.54. The van der Waals surface area contributed by atoms with Crippen LogP contribution in [0.5, 0.6) is 0 Å². The van der Waals surface area contributed by atoms with Crippen molar-refractivity contribution in [1.82, 2.24) is 14.5 Å². The molecule has 0 saturated heterocycles. The van der Waals surface area contributed by atoms with Crippen LogP contribution in [0, 0.1) is 5.92 Å². The Morgan fingerprint density at radius 2 is 1.97 bits per heavy atom. The quantitative estimate of drug-likeness (QED) is 0.482. The van der Waals surface area contributed by atoms with Gasteiger partial charge in [0.2, 0.25) is 5.91 Å². The molecule has 1 amide bonds. The highest BCUT2D eigenvalue weighted by Crippen LogP contribution is 2.39. The van der Waals surface area contributed by atoms with Gasteiger partial charge in [-0.15, -0.1) is 0 Å². The van der Waals surface area contributed by atoms with Crippen molar-refractivity contribution < 1.29 is 19.8 Å². The van der Waals surface area contributed by atoms with E-state index >= 15 is 0 Å². The number of hydrogen-bond donors (Lipinski definition) is 2. The van der Waals surface area contributed by atoms with Crippen LogP contribution in [-0.2, 0) is 16.6 Å². The van der Waals surface area contributed by atoms with E-state index in [0.717, 1.165) is 30.0 Å². The number of carbonyl (C=O) groups is 2. The number of halogens is 1. The van der Waals surface area contributed by atoms with Gasteiger partial charge in [-0.05, 0) is 55.5 Å². The van der Waals surface area contributed by atoms with Gasteiger partial charge in [-0.1, -0.05) is 35.9 Å². The van der Waals surface area contributed by atoms with E-state index in [4.69, 9.17) is 16.6 Å². The first kappa shape index (κ1) is 23.0. The highest BCUT2D eigenvalue weighted by atomic mass is 35.5. The number of aliphatic hydroxyl groups excluding tert-OH is 1. The number of imidazole rings is 1. The third-order valence-corrected chi connectivity index (χ3v) is 6.26. The van der Waals surface area contributed by atoms with Crippen LogP contribution in [-0.4, -0.2) is 43.1 Å². The molecule has 1 saturated carbocycles. The van der Waals surface area contributed by atoms with Gasteiger partial charge < -0.3 is 19.7 Å². The maximum Gasteiger partial charge on any atom is 0.331 e. The van der Waals surface area contributed by atoms with Gasteiger partial charge in [0.05, 0.1) is 11.0 Å². The molecule has 1 aliphatic carbocycles. The van der Waals surface area contributed by atoms with Crippen molar-refractivity contribution in [2.75, 3.05) is 6.54 Å². The Bertz CT molecular complexity index is 1230. The van der Waals surface area contributed by atoms with Crippen molar-refractivity contribution >= 4 is 34.5 Å². The largest absolute Gasteiger partial charge is 0.478 e. The molecule has 0 aliphatic heterocycles. The number of fused-ring (bicyclic) bond motifs is 1.